The van der Waals surface area contributed by atoms with Gasteiger partial charge in [0.25, 0.3) is 0 Å². The molecule has 19 heavy (non-hydrogen) atoms. The topological polar surface area (TPSA) is 76.7 Å². The summed E-state index contributed by atoms with van der Waals surface area (Å²) in [4.78, 5) is 8.47. The van der Waals surface area contributed by atoms with Crippen molar-refractivity contribution in [2.45, 2.75) is 19.4 Å². The summed E-state index contributed by atoms with van der Waals surface area (Å²) in [5.74, 6) is 0. The van der Waals surface area contributed by atoms with Crippen molar-refractivity contribution in [1.29, 1.82) is 0 Å². The number of benzene rings is 1. The molecule has 96 valence electrons. The Balaban J connectivity index is 2.01. The van der Waals surface area contributed by atoms with E-state index in [0.29, 0.717) is 12.1 Å². The number of hydrogen-bond donors (Lipinski definition) is 1. The van der Waals surface area contributed by atoms with E-state index >= 15 is 0 Å². The lowest BCUT2D eigenvalue weighted by molar-refractivity contribution is 0.169. The lowest BCUT2D eigenvalue weighted by Crippen LogP contribution is -1.96. The molecule has 0 bridgehead atoms. The molecule has 6 heteroatoms. The van der Waals surface area contributed by atoms with Crippen molar-refractivity contribution in [3.63, 3.8) is 0 Å². The van der Waals surface area contributed by atoms with Gasteiger partial charge in [0.2, 0.25) is 0 Å². The Morgan fingerprint density at radius 1 is 1.21 bits per heavy atom. The third-order valence-electron chi connectivity index (χ3n) is 2.96. The standard InChI is InChI=1S/C13H13N5O/c1-2-13(19)12-8-18(17-16-12)9-3-4-10-11(7-9)15-6-5-14-10/h3-8,13,19H,2H2,1H3. The van der Waals surface area contributed by atoms with Crippen molar-refractivity contribution in [1.82, 2.24) is 25.0 Å². The molecule has 1 N–H and O–H groups in total. The van der Waals surface area contributed by atoms with E-state index in [4.69, 9.17) is 0 Å². The predicted molar refractivity (Wildman–Crippen MR) is 69.7 cm³/mol. The van der Waals surface area contributed by atoms with Crippen LogP contribution in [0.5, 0.6) is 0 Å². The molecule has 0 saturated carbocycles. The fourth-order valence-electron chi connectivity index (χ4n) is 1.86. The van der Waals surface area contributed by atoms with Gasteiger partial charge in [-0.2, -0.15) is 0 Å². The zero-order valence-electron chi connectivity index (χ0n) is 10.4. The van der Waals surface area contributed by atoms with E-state index in [1.807, 2.05) is 25.1 Å². The van der Waals surface area contributed by atoms with Gasteiger partial charge in [-0.05, 0) is 24.6 Å². The fourth-order valence-corrected chi connectivity index (χ4v) is 1.86. The maximum atomic E-state index is 9.72. The van der Waals surface area contributed by atoms with E-state index in [-0.39, 0.29) is 0 Å². The van der Waals surface area contributed by atoms with Crippen molar-refractivity contribution in [2.75, 3.05) is 0 Å². The first-order chi connectivity index (χ1) is 9.28. The predicted octanol–water partition coefficient (Wildman–Crippen LogP) is 1.65. The number of aromatic nitrogens is 5. The SMILES string of the molecule is CCC(O)c1cn(-c2ccc3nccnc3c2)nn1. The van der Waals surface area contributed by atoms with Gasteiger partial charge in [-0.25, -0.2) is 4.68 Å². The molecule has 2 heterocycles. The van der Waals surface area contributed by atoms with Crippen LogP contribution >= 0.6 is 0 Å². The second-order valence-corrected chi connectivity index (χ2v) is 4.24. The van der Waals surface area contributed by atoms with E-state index in [0.717, 1.165) is 16.7 Å². The number of aliphatic hydroxyl groups is 1. The highest BCUT2D eigenvalue weighted by Gasteiger charge is 2.10. The summed E-state index contributed by atoms with van der Waals surface area (Å²) in [6.07, 6.45) is 5.08. The number of fused-ring (bicyclic) bond motifs is 1. The van der Waals surface area contributed by atoms with Crippen LogP contribution in [0.1, 0.15) is 25.1 Å². The first kappa shape index (κ1) is 11.7. The summed E-state index contributed by atoms with van der Waals surface area (Å²) >= 11 is 0. The van der Waals surface area contributed by atoms with Crippen LogP contribution in [0.2, 0.25) is 0 Å². The highest BCUT2D eigenvalue weighted by atomic mass is 16.3. The Hall–Kier alpha value is -2.34. The Labute approximate surface area is 109 Å². The molecular weight excluding hydrogens is 242 g/mol. The van der Waals surface area contributed by atoms with E-state index in [9.17, 15) is 5.11 Å². The molecule has 0 radical (unpaired) electrons. The first-order valence-corrected chi connectivity index (χ1v) is 6.09. The molecule has 3 aromatic rings. The van der Waals surface area contributed by atoms with Gasteiger partial charge >= 0.3 is 0 Å². The van der Waals surface area contributed by atoms with Crippen LogP contribution in [0.3, 0.4) is 0 Å². The van der Waals surface area contributed by atoms with Crippen LogP contribution < -0.4 is 0 Å². The van der Waals surface area contributed by atoms with Crippen LogP contribution in [0.4, 0.5) is 0 Å². The Morgan fingerprint density at radius 3 is 2.79 bits per heavy atom. The molecule has 6 nitrogen and oxygen atoms in total. The second-order valence-electron chi connectivity index (χ2n) is 4.24. The molecule has 0 amide bonds. The van der Waals surface area contributed by atoms with Gasteiger partial charge in [0.15, 0.2) is 0 Å². The van der Waals surface area contributed by atoms with Gasteiger partial charge in [-0.3, -0.25) is 9.97 Å². The van der Waals surface area contributed by atoms with Crippen LogP contribution in [-0.4, -0.2) is 30.1 Å². The highest BCUT2D eigenvalue weighted by molar-refractivity contribution is 5.76. The lowest BCUT2D eigenvalue weighted by Gasteiger charge is -2.02. The molecule has 1 aromatic carbocycles. The maximum Gasteiger partial charge on any atom is 0.112 e. The van der Waals surface area contributed by atoms with E-state index in [1.54, 1.807) is 23.3 Å². The van der Waals surface area contributed by atoms with Crippen LogP contribution in [0.15, 0.2) is 36.8 Å². The van der Waals surface area contributed by atoms with Gasteiger partial charge in [-0.1, -0.05) is 12.1 Å². The van der Waals surface area contributed by atoms with Crippen molar-refractivity contribution in [3.05, 3.63) is 42.5 Å². The first-order valence-electron chi connectivity index (χ1n) is 6.09. The lowest BCUT2D eigenvalue weighted by atomic mass is 10.2. The van der Waals surface area contributed by atoms with Crippen molar-refractivity contribution >= 4 is 11.0 Å². The van der Waals surface area contributed by atoms with Gasteiger partial charge < -0.3 is 5.11 Å². The number of aliphatic hydroxyl groups excluding tert-OH is 1. The zero-order chi connectivity index (χ0) is 13.2. The van der Waals surface area contributed by atoms with Gasteiger partial charge in [0.1, 0.15) is 5.69 Å². The average Bonchev–Trinajstić information content (AvgIpc) is 2.95. The molecule has 0 aliphatic heterocycles. The third-order valence-corrected chi connectivity index (χ3v) is 2.96. The van der Waals surface area contributed by atoms with Crippen LogP contribution in [0, 0.1) is 0 Å². The minimum Gasteiger partial charge on any atom is -0.387 e. The maximum absolute atomic E-state index is 9.72. The second kappa shape index (κ2) is 4.74. The summed E-state index contributed by atoms with van der Waals surface area (Å²) in [6, 6.07) is 5.67. The van der Waals surface area contributed by atoms with Crippen LogP contribution in [-0.2, 0) is 0 Å². The average molecular weight is 255 g/mol. The Kier molecular flexibility index (Phi) is 2.92. The molecule has 1 atom stereocenters. The zero-order valence-corrected chi connectivity index (χ0v) is 10.4. The van der Waals surface area contributed by atoms with Crippen LogP contribution in [0.25, 0.3) is 16.7 Å². The summed E-state index contributed by atoms with van der Waals surface area (Å²) in [6.45, 7) is 1.90. The molecule has 0 spiro atoms. The number of rotatable bonds is 3. The number of nitrogens with zero attached hydrogens (tertiary/aromatic N) is 5. The largest absolute Gasteiger partial charge is 0.387 e. The Bertz CT molecular complexity index is 709. The monoisotopic (exact) mass is 255 g/mol. The van der Waals surface area contributed by atoms with E-state index in [2.05, 4.69) is 20.3 Å². The quantitative estimate of drug-likeness (QED) is 0.770. The third kappa shape index (κ3) is 2.17. The van der Waals surface area contributed by atoms with Crippen molar-refractivity contribution in [2.24, 2.45) is 0 Å². The van der Waals surface area contributed by atoms with Gasteiger partial charge in [0.05, 0.1) is 29.0 Å². The minimum atomic E-state index is -0.575. The molecule has 0 aliphatic carbocycles. The van der Waals surface area contributed by atoms with E-state index in [1.165, 1.54) is 0 Å². The smallest absolute Gasteiger partial charge is 0.112 e. The minimum absolute atomic E-state index is 0.571. The molecule has 0 aliphatic rings. The normalized spacial score (nSPS) is 12.7. The molecule has 3 rings (SSSR count). The van der Waals surface area contributed by atoms with Gasteiger partial charge in [0, 0.05) is 12.4 Å². The fraction of sp³-hybridized carbons (Fsp3) is 0.231. The Morgan fingerprint density at radius 2 is 2.00 bits per heavy atom. The summed E-state index contributed by atoms with van der Waals surface area (Å²) in [7, 11) is 0. The van der Waals surface area contributed by atoms with E-state index < -0.39 is 6.10 Å². The number of hydrogen-bond acceptors (Lipinski definition) is 5. The summed E-state index contributed by atoms with van der Waals surface area (Å²) < 4.78 is 1.63. The molecule has 1 unspecified atom stereocenters. The molecule has 2 aromatic heterocycles. The van der Waals surface area contributed by atoms with Gasteiger partial charge in [-0.15, -0.1) is 5.10 Å². The molecule has 0 fully saturated rings. The highest BCUT2D eigenvalue weighted by Crippen LogP contribution is 2.17. The summed E-state index contributed by atoms with van der Waals surface area (Å²) in [5.41, 5.74) is 3.05. The molecular formula is C13H13N5O. The van der Waals surface area contributed by atoms with Crippen molar-refractivity contribution in [3.8, 4) is 5.69 Å². The molecule has 0 saturated heterocycles. The van der Waals surface area contributed by atoms with Crippen molar-refractivity contribution < 1.29 is 5.11 Å². The summed E-state index contributed by atoms with van der Waals surface area (Å²) in [5, 5.41) is 17.7.